The van der Waals surface area contributed by atoms with Gasteiger partial charge in [0, 0.05) is 6.61 Å². The molecule has 0 spiro atoms. The molecule has 1 aromatic rings. The molecule has 0 aliphatic carbocycles. The van der Waals surface area contributed by atoms with Crippen LogP contribution >= 0.6 is 0 Å². The number of benzene rings is 1. The summed E-state index contributed by atoms with van der Waals surface area (Å²) in [6.45, 7) is 5.57. The molecule has 1 rings (SSSR count). The van der Waals surface area contributed by atoms with Gasteiger partial charge in [-0.25, -0.2) is 0 Å². The van der Waals surface area contributed by atoms with Crippen LogP contribution in [0.15, 0.2) is 24.3 Å². The van der Waals surface area contributed by atoms with Crippen molar-refractivity contribution in [1.29, 1.82) is 0 Å². The molecule has 0 aliphatic heterocycles. The van der Waals surface area contributed by atoms with Crippen LogP contribution in [0.25, 0.3) is 0 Å². The van der Waals surface area contributed by atoms with Crippen LogP contribution in [0, 0.1) is 6.92 Å². The highest BCUT2D eigenvalue weighted by Gasteiger charge is 2.04. The quantitative estimate of drug-likeness (QED) is 0.729. The van der Waals surface area contributed by atoms with E-state index in [1.165, 1.54) is 5.56 Å². The van der Waals surface area contributed by atoms with Gasteiger partial charge in [-0.05, 0) is 18.9 Å². The first-order valence-electron chi connectivity index (χ1n) is 5.14. The Labute approximate surface area is 86.1 Å². The van der Waals surface area contributed by atoms with Crippen LogP contribution in [0.2, 0.25) is 0 Å². The maximum absolute atomic E-state index is 5.96. The van der Waals surface area contributed by atoms with Crippen molar-refractivity contribution in [3.05, 3.63) is 35.4 Å². The van der Waals surface area contributed by atoms with E-state index in [-0.39, 0.29) is 6.04 Å². The Morgan fingerprint density at radius 1 is 1.29 bits per heavy atom. The maximum atomic E-state index is 5.96. The number of hydrogen-bond acceptors (Lipinski definition) is 2. The molecular weight excluding hydrogens is 174 g/mol. The highest BCUT2D eigenvalue weighted by Crippen LogP contribution is 2.11. The fraction of sp³-hybridized carbons (Fsp3) is 0.500. The van der Waals surface area contributed by atoms with Gasteiger partial charge in [0.05, 0.1) is 12.6 Å². The zero-order valence-corrected chi connectivity index (χ0v) is 8.99. The summed E-state index contributed by atoms with van der Waals surface area (Å²) in [5.41, 5.74) is 8.37. The maximum Gasteiger partial charge on any atom is 0.0659 e. The molecule has 0 aromatic heterocycles. The molecule has 0 bridgehead atoms. The summed E-state index contributed by atoms with van der Waals surface area (Å²) in [6.07, 6.45) is 1.04. The van der Waals surface area contributed by atoms with Crippen molar-refractivity contribution in [2.75, 3.05) is 13.2 Å². The molecule has 0 amide bonds. The topological polar surface area (TPSA) is 35.2 Å². The molecule has 14 heavy (non-hydrogen) atoms. The number of nitrogens with two attached hydrogens (primary N) is 1. The van der Waals surface area contributed by atoms with Crippen molar-refractivity contribution in [3.8, 4) is 0 Å². The summed E-state index contributed by atoms with van der Waals surface area (Å²) in [5, 5.41) is 0. The number of rotatable bonds is 5. The van der Waals surface area contributed by atoms with Crippen LogP contribution in [-0.2, 0) is 4.74 Å². The molecule has 1 atom stereocenters. The van der Waals surface area contributed by atoms with Crippen LogP contribution in [0.1, 0.15) is 30.5 Å². The zero-order chi connectivity index (χ0) is 10.4. The monoisotopic (exact) mass is 193 g/mol. The van der Waals surface area contributed by atoms with E-state index >= 15 is 0 Å². The largest absolute Gasteiger partial charge is 0.379 e. The van der Waals surface area contributed by atoms with Crippen LogP contribution < -0.4 is 5.73 Å². The molecule has 2 N–H and O–H groups in total. The van der Waals surface area contributed by atoms with E-state index in [1.54, 1.807) is 0 Å². The molecule has 0 saturated heterocycles. The van der Waals surface area contributed by atoms with Gasteiger partial charge in [0.1, 0.15) is 0 Å². The Balaban J connectivity index is 2.43. The summed E-state index contributed by atoms with van der Waals surface area (Å²) in [6, 6.07) is 8.29. The van der Waals surface area contributed by atoms with Gasteiger partial charge in [-0.3, -0.25) is 0 Å². The third kappa shape index (κ3) is 3.48. The summed E-state index contributed by atoms with van der Waals surface area (Å²) >= 11 is 0. The fourth-order valence-electron chi connectivity index (χ4n) is 1.26. The predicted octanol–water partition coefficient (Wildman–Crippen LogP) is 2.42. The van der Waals surface area contributed by atoms with Gasteiger partial charge >= 0.3 is 0 Å². The third-order valence-electron chi connectivity index (χ3n) is 2.15. The minimum absolute atomic E-state index is 0.00199. The molecule has 0 heterocycles. The minimum Gasteiger partial charge on any atom is -0.379 e. The number of hydrogen-bond donors (Lipinski definition) is 1. The van der Waals surface area contributed by atoms with E-state index in [1.807, 2.05) is 0 Å². The Hall–Kier alpha value is -0.860. The zero-order valence-electron chi connectivity index (χ0n) is 8.99. The minimum atomic E-state index is 0.00199. The lowest BCUT2D eigenvalue weighted by atomic mass is 10.1. The van der Waals surface area contributed by atoms with E-state index in [2.05, 4.69) is 38.1 Å². The number of aryl methyl sites for hydroxylation is 1. The smallest absolute Gasteiger partial charge is 0.0659 e. The van der Waals surface area contributed by atoms with Crippen molar-refractivity contribution >= 4 is 0 Å². The number of ether oxygens (including phenoxy) is 1. The van der Waals surface area contributed by atoms with Crippen LogP contribution in [-0.4, -0.2) is 13.2 Å². The molecular formula is C12H19NO. The second kappa shape index (κ2) is 5.78. The molecule has 1 aromatic carbocycles. The standard InChI is InChI=1S/C12H19NO/c1-3-8-14-9-12(13)11-6-4-10(2)5-7-11/h4-7,12H,3,8-9,13H2,1-2H3. The summed E-state index contributed by atoms with van der Waals surface area (Å²) < 4.78 is 5.40. The first-order valence-corrected chi connectivity index (χ1v) is 5.14. The van der Waals surface area contributed by atoms with Crippen molar-refractivity contribution in [3.63, 3.8) is 0 Å². The van der Waals surface area contributed by atoms with E-state index < -0.39 is 0 Å². The van der Waals surface area contributed by atoms with Gasteiger partial charge in [0.2, 0.25) is 0 Å². The lowest BCUT2D eigenvalue weighted by molar-refractivity contribution is 0.121. The van der Waals surface area contributed by atoms with Crippen molar-refractivity contribution in [2.24, 2.45) is 5.73 Å². The summed E-state index contributed by atoms with van der Waals surface area (Å²) in [5.74, 6) is 0. The Kier molecular flexibility index (Phi) is 4.63. The lowest BCUT2D eigenvalue weighted by Crippen LogP contribution is -2.17. The first kappa shape index (κ1) is 11.2. The summed E-state index contributed by atoms with van der Waals surface area (Å²) in [4.78, 5) is 0. The van der Waals surface area contributed by atoms with Gasteiger partial charge in [0.25, 0.3) is 0 Å². The average molecular weight is 193 g/mol. The van der Waals surface area contributed by atoms with Gasteiger partial charge in [-0.2, -0.15) is 0 Å². The van der Waals surface area contributed by atoms with Crippen molar-refractivity contribution < 1.29 is 4.74 Å². The highest BCUT2D eigenvalue weighted by atomic mass is 16.5. The Bertz CT molecular complexity index is 256. The van der Waals surface area contributed by atoms with Gasteiger partial charge in [-0.15, -0.1) is 0 Å². The van der Waals surface area contributed by atoms with Crippen LogP contribution in [0.5, 0.6) is 0 Å². The molecule has 0 aliphatic rings. The average Bonchev–Trinajstić information content (AvgIpc) is 2.19. The molecule has 78 valence electrons. The van der Waals surface area contributed by atoms with Crippen molar-refractivity contribution in [1.82, 2.24) is 0 Å². The van der Waals surface area contributed by atoms with Crippen LogP contribution in [0.3, 0.4) is 0 Å². The Morgan fingerprint density at radius 2 is 1.93 bits per heavy atom. The molecule has 0 fully saturated rings. The molecule has 0 saturated carbocycles. The second-order valence-corrected chi connectivity index (χ2v) is 3.59. The lowest BCUT2D eigenvalue weighted by Gasteiger charge is -2.12. The van der Waals surface area contributed by atoms with Gasteiger partial charge < -0.3 is 10.5 Å². The van der Waals surface area contributed by atoms with E-state index in [9.17, 15) is 0 Å². The third-order valence-corrected chi connectivity index (χ3v) is 2.15. The molecule has 2 nitrogen and oxygen atoms in total. The van der Waals surface area contributed by atoms with E-state index in [4.69, 9.17) is 10.5 Å². The summed E-state index contributed by atoms with van der Waals surface area (Å²) in [7, 11) is 0. The molecule has 2 heteroatoms. The first-order chi connectivity index (χ1) is 6.74. The fourth-order valence-corrected chi connectivity index (χ4v) is 1.26. The predicted molar refractivity (Wildman–Crippen MR) is 59.2 cm³/mol. The SMILES string of the molecule is CCCOCC(N)c1ccc(C)cc1. The highest BCUT2D eigenvalue weighted by molar-refractivity contribution is 5.23. The normalized spacial score (nSPS) is 12.8. The van der Waals surface area contributed by atoms with Crippen molar-refractivity contribution in [2.45, 2.75) is 26.3 Å². The van der Waals surface area contributed by atoms with Gasteiger partial charge in [-0.1, -0.05) is 36.8 Å². The van der Waals surface area contributed by atoms with Gasteiger partial charge in [0.15, 0.2) is 0 Å². The molecule has 1 unspecified atom stereocenters. The molecule has 0 radical (unpaired) electrons. The second-order valence-electron chi connectivity index (χ2n) is 3.59. The van der Waals surface area contributed by atoms with E-state index in [0.29, 0.717) is 6.61 Å². The van der Waals surface area contributed by atoms with E-state index in [0.717, 1.165) is 18.6 Å². The Morgan fingerprint density at radius 3 is 2.50 bits per heavy atom. The van der Waals surface area contributed by atoms with Crippen LogP contribution in [0.4, 0.5) is 0 Å².